The molecule has 1 amide bonds. The zero-order chi connectivity index (χ0) is 14.5. The Morgan fingerprint density at radius 3 is 3.00 bits per heavy atom. The summed E-state index contributed by atoms with van der Waals surface area (Å²) in [5.74, 6) is -0.954. The molecule has 0 fully saturated rings. The van der Waals surface area contributed by atoms with Gasteiger partial charge in [-0.15, -0.1) is 0 Å². The van der Waals surface area contributed by atoms with Crippen LogP contribution in [0.1, 0.15) is 15.9 Å². The Bertz CT molecular complexity index is 632. The van der Waals surface area contributed by atoms with Crippen molar-refractivity contribution in [2.24, 2.45) is 0 Å². The molecule has 104 valence electrons. The number of aromatic nitrogens is 1. The average molecular weight is 275 g/mol. The van der Waals surface area contributed by atoms with E-state index in [0.717, 1.165) is 5.56 Å². The van der Waals surface area contributed by atoms with Crippen molar-refractivity contribution in [1.82, 2.24) is 10.3 Å². The van der Waals surface area contributed by atoms with E-state index in [1.54, 1.807) is 19.2 Å². The number of amides is 1. The molecule has 20 heavy (non-hydrogen) atoms. The van der Waals surface area contributed by atoms with Gasteiger partial charge < -0.3 is 15.8 Å². The third kappa shape index (κ3) is 3.03. The number of carbonyl (C=O) groups is 1. The second-order valence-corrected chi connectivity index (χ2v) is 4.09. The second kappa shape index (κ2) is 6.01. The van der Waals surface area contributed by atoms with Gasteiger partial charge in [0, 0.05) is 12.7 Å². The van der Waals surface area contributed by atoms with E-state index in [0.29, 0.717) is 5.75 Å². The zero-order valence-electron chi connectivity index (χ0n) is 10.9. The van der Waals surface area contributed by atoms with Crippen LogP contribution < -0.4 is 15.8 Å². The molecule has 5 nitrogen and oxygen atoms in total. The summed E-state index contributed by atoms with van der Waals surface area (Å²) in [4.78, 5) is 15.4. The van der Waals surface area contributed by atoms with Crippen LogP contribution in [-0.2, 0) is 6.54 Å². The highest BCUT2D eigenvalue weighted by Crippen LogP contribution is 2.14. The summed E-state index contributed by atoms with van der Waals surface area (Å²) >= 11 is 0. The number of hydrogen-bond donors (Lipinski definition) is 2. The van der Waals surface area contributed by atoms with Gasteiger partial charge in [-0.05, 0) is 23.8 Å². The quantitative estimate of drug-likeness (QED) is 0.891. The molecule has 0 saturated carbocycles. The number of nitrogen functional groups attached to an aromatic ring is 1. The monoisotopic (exact) mass is 275 g/mol. The van der Waals surface area contributed by atoms with Gasteiger partial charge >= 0.3 is 0 Å². The van der Waals surface area contributed by atoms with Gasteiger partial charge in [0.25, 0.3) is 5.91 Å². The van der Waals surface area contributed by atoms with E-state index in [1.807, 2.05) is 12.1 Å². The number of halogens is 1. The van der Waals surface area contributed by atoms with Crippen molar-refractivity contribution < 1.29 is 13.9 Å². The minimum atomic E-state index is -0.810. The Morgan fingerprint density at radius 2 is 2.25 bits per heavy atom. The SMILES string of the molecule is COc1cccc(CNC(=O)c2ccnc(N)c2F)c1. The van der Waals surface area contributed by atoms with Gasteiger partial charge in [0.15, 0.2) is 11.6 Å². The summed E-state index contributed by atoms with van der Waals surface area (Å²) in [7, 11) is 1.56. The highest BCUT2D eigenvalue weighted by molar-refractivity contribution is 5.95. The summed E-state index contributed by atoms with van der Waals surface area (Å²) in [6.45, 7) is 0.262. The normalized spacial score (nSPS) is 10.1. The first-order valence-corrected chi connectivity index (χ1v) is 5.93. The van der Waals surface area contributed by atoms with Crippen LogP contribution in [-0.4, -0.2) is 18.0 Å². The first-order chi connectivity index (χ1) is 9.61. The van der Waals surface area contributed by atoms with E-state index in [1.165, 1.54) is 12.3 Å². The Balaban J connectivity index is 2.06. The summed E-state index contributed by atoms with van der Waals surface area (Å²) in [6, 6.07) is 8.52. The predicted molar refractivity (Wildman–Crippen MR) is 72.8 cm³/mol. The van der Waals surface area contributed by atoms with Crippen LogP contribution in [0.3, 0.4) is 0 Å². The molecule has 0 aliphatic rings. The number of nitrogens with one attached hydrogen (secondary N) is 1. The number of nitrogens with two attached hydrogens (primary N) is 1. The van der Waals surface area contributed by atoms with Crippen LogP contribution in [0.4, 0.5) is 10.2 Å². The Hall–Kier alpha value is -2.63. The Morgan fingerprint density at radius 1 is 1.45 bits per heavy atom. The number of rotatable bonds is 4. The fourth-order valence-electron chi connectivity index (χ4n) is 1.70. The molecule has 0 spiro atoms. The van der Waals surface area contributed by atoms with E-state index in [9.17, 15) is 9.18 Å². The highest BCUT2D eigenvalue weighted by atomic mass is 19.1. The van der Waals surface area contributed by atoms with Crippen LogP contribution in [0.25, 0.3) is 0 Å². The first kappa shape index (κ1) is 13.8. The topological polar surface area (TPSA) is 77.2 Å². The molecule has 0 radical (unpaired) electrons. The van der Waals surface area contributed by atoms with Gasteiger partial charge in [-0.25, -0.2) is 9.37 Å². The molecular formula is C14H14FN3O2. The molecule has 0 bridgehead atoms. The van der Waals surface area contributed by atoms with E-state index >= 15 is 0 Å². The lowest BCUT2D eigenvalue weighted by Crippen LogP contribution is -2.24. The molecule has 1 aromatic heterocycles. The smallest absolute Gasteiger partial charge is 0.254 e. The van der Waals surface area contributed by atoms with Gasteiger partial charge in [0.1, 0.15) is 5.75 Å². The number of benzene rings is 1. The lowest BCUT2D eigenvalue weighted by molar-refractivity contribution is 0.0947. The van der Waals surface area contributed by atoms with Crippen LogP contribution >= 0.6 is 0 Å². The van der Waals surface area contributed by atoms with E-state index in [2.05, 4.69) is 10.3 Å². The summed E-state index contributed by atoms with van der Waals surface area (Å²) in [6.07, 6.45) is 1.29. The van der Waals surface area contributed by atoms with Crippen molar-refractivity contribution in [2.75, 3.05) is 12.8 Å². The largest absolute Gasteiger partial charge is 0.497 e. The molecule has 6 heteroatoms. The van der Waals surface area contributed by atoms with Crippen LogP contribution in [0, 0.1) is 5.82 Å². The molecule has 0 unspecified atom stereocenters. The molecule has 1 aromatic carbocycles. The minimum Gasteiger partial charge on any atom is -0.497 e. The fourth-order valence-corrected chi connectivity index (χ4v) is 1.70. The number of carbonyl (C=O) groups excluding carboxylic acids is 1. The highest BCUT2D eigenvalue weighted by Gasteiger charge is 2.14. The number of nitrogens with zero attached hydrogens (tertiary/aromatic N) is 1. The number of pyridine rings is 1. The van der Waals surface area contributed by atoms with Gasteiger partial charge in [0.05, 0.1) is 12.7 Å². The predicted octanol–water partition coefficient (Wildman–Crippen LogP) is 1.74. The molecule has 2 aromatic rings. The van der Waals surface area contributed by atoms with Crippen molar-refractivity contribution in [2.45, 2.75) is 6.54 Å². The van der Waals surface area contributed by atoms with Crippen molar-refractivity contribution in [3.63, 3.8) is 0 Å². The van der Waals surface area contributed by atoms with E-state index in [-0.39, 0.29) is 17.9 Å². The number of anilines is 1. The standard InChI is InChI=1S/C14H14FN3O2/c1-20-10-4-2-3-9(7-10)8-18-14(19)11-5-6-17-13(16)12(11)15/h2-7H,8H2,1H3,(H2,16,17)(H,18,19). The molecular weight excluding hydrogens is 261 g/mol. The summed E-state index contributed by atoms with van der Waals surface area (Å²) in [5, 5.41) is 2.62. The van der Waals surface area contributed by atoms with Crippen molar-refractivity contribution in [1.29, 1.82) is 0 Å². The zero-order valence-corrected chi connectivity index (χ0v) is 10.9. The van der Waals surface area contributed by atoms with Crippen LogP contribution in [0.2, 0.25) is 0 Å². The lowest BCUT2D eigenvalue weighted by Gasteiger charge is -2.08. The van der Waals surface area contributed by atoms with Gasteiger partial charge in [-0.1, -0.05) is 12.1 Å². The molecule has 1 heterocycles. The number of methoxy groups -OCH3 is 1. The number of ether oxygens (including phenoxy) is 1. The third-order valence-electron chi connectivity index (χ3n) is 2.75. The molecule has 0 atom stereocenters. The van der Waals surface area contributed by atoms with Gasteiger partial charge in [-0.2, -0.15) is 0 Å². The third-order valence-corrected chi connectivity index (χ3v) is 2.75. The molecule has 0 aliphatic heterocycles. The Kier molecular flexibility index (Phi) is 4.14. The van der Waals surface area contributed by atoms with Crippen LogP contribution in [0.15, 0.2) is 36.5 Å². The molecule has 2 rings (SSSR count). The average Bonchev–Trinajstić information content (AvgIpc) is 2.48. The number of hydrogen-bond acceptors (Lipinski definition) is 4. The second-order valence-electron chi connectivity index (χ2n) is 4.09. The minimum absolute atomic E-state index is 0.125. The van der Waals surface area contributed by atoms with E-state index < -0.39 is 11.7 Å². The van der Waals surface area contributed by atoms with Crippen molar-refractivity contribution in [3.05, 3.63) is 53.5 Å². The maximum absolute atomic E-state index is 13.6. The molecule has 0 aliphatic carbocycles. The summed E-state index contributed by atoms with van der Waals surface area (Å²) in [5.41, 5.74) is 6.04. The maximum Gasteiger partial charge on any atom is 0.254 e. The van der Waals surface area contributed by atoms with Gasteiger partial charge in [-0.3, -0.25) is 4.79 Å². The van der Waals surface area contributed by atoms with Gasteiger partial charge in [0.2, 0.25) is 0 Å². The summed E-state index contributed by atoms with van der Waals surface area (Å²) < 4.78 is 18.7. The maximum atomic E-state index is 13.6. The lowest BCUT2D eigenvalue weighted by atomic mass is 10.2. The Labute approximate surface area is 115 Å². The first-order valence-electron chi connectivity index (χ1n) is 5.93. The molecule has 3 N–H and O–H groups in total. The van der Waals surface area contributed by atoms with Crippen molar-refractivity contribution in [3.8, 4) is 5.75 Å². The molecule has 0 saturated heterocycles. The van der Waals surface area contributed by atoms with Crippen LogP contribution in [0.5, 0.6) is 5.75 Å². The fraction of sp³-hybridized carbons (Fsp3) is 0.143. The van der Waals surface area contributed by atoms with E-state index in [4.69, 9.17) is 10.5 Å². The van der Waals surface area contributed by atoms with Crippen molar-refractivity contribution >= 4 is 11.7 Å².